The second-order valence-corrected chi connectivity index (χ2v) is 12.9. The highest BCUT2D eigenvalue weighted by molar-refractivity contribution is 8.01. The van der Waals surface area contributed by atoms with Crippen molar-refractivity contribution in [2.45, 2.75) is 56.8 Å². The van der Waals surface area contributed by atoms with Crippen LogP contribution in [0.3, 0.4) is 0 Å². The van der Waals surface area contributed by atoms with Gasteiger partial charge in [0.15, 0.2) is 33.5 Å². The van der Waals surface area contributed by atoms with Gasteiger partial charge in [-0.05, 0) is 61.4 Å². The minimum absolute atomic E-state index is 0.0764. The Morgan fingerprint density at radius 1 is 0.471 bits per heavy atom. The van der Waals surface area contributed by atoms with Crippen molar-refractivity contribution in [1.29, 1.82) is 0 Å². The first-order valence-electron chi connectivity index (χ1n) is 12.0. The molecule has 6 rings (SSSR count). The zero-order valence-electron chi connectivity index (χ0n) is 19.4. The standard InChI is InChI=1S/C30H28O2S2/c1-3-25(33-27-17-9-5-13-21(27)31-22-14-6-10-18-28(22)33)26(4-2)34-29-19-11-7-15-23(29)32-24-16-8-12-20-30(24)34/h5-20,25-26H,3-4H2,1-2H3/q+2/t25-,26-/m0/s1. The van der Waals surface area contributed by atoms with Crippen LogP contribution in [0.15, 0.2) is 117 Å². The van der Waals surface area contributed by atoms with Crippen LogP contribution in [0.2, 0.25) is 0 Å². The summed E-state index contributed by atoms with van der Waals surface area (Å²) in [5, 5.41) is 0.970. The molecule has 0 fully saturated rings. The third-order valence-corrected chi connectivity index (χ3v) is 12.6. The van der Waals surface area contributed by atoms with Gasteiger partial charge in [-0.3, -0.25) is 0 Å². The average Bonchev–Trinajstić information content (AvgIpc) is 2.89. The number of fused-ring (bicyclic) bond motifs is 4. The number of hydrogen-bond donors (Lipinski definition) is 0. The molecule has 2 aliphatic heterocycles. The van der Waals surface area contributed by atoms with Crippen LogP contribution in [0, 0.1) is 0 Å². The lowest BCUT2D eigenvalue weighted by Gasteiger charge is -2.30. The molecule has 0 amide bonds. The lowest BCUT2D eigenvalue weighted by Crippen LogP contribution is -2.41. The van der Waals surface area contributed by atoms with Gasteiger partial charge in [0, 0.05) is 0 Å². The van der Waals surface area contributed by atoms with E-state index >= 15 is 0 Å². The van der Waals surface area contributed by atoms with Crippen LogP contribution >= 0.6 is 0 Å². The summed E-state index contributed by atoms with van der Waals surface area (Å²) in [6.45, 7) is 4.73. The molecule has 0 bridgehead atoms. The van der Waals surface area contributed by atoms with Crippen molar-refractivity contribution in [3.8, 4) is 23.0 Å². The molecule has 0 radical (unpaired) electrons. The lowest BCUT2D eigenvalue weighted by molar-refractivity contribution is 0.450. The summed E-state index contributed by atoms with van der Waals surface area (Å²) in [6.07, 6.45) is 2.22. The Bertz CT molecular complexity index is 1140. The minimum atomic E-state index is -0.0764. The maximum Gasteiger partial charge on any atom is 0.203 e. The molecule has 170 valence electrons. The van der Waals surface area contributed by atoms with E-state index in [2.05, 4.69) is 111 Å². The van der Waals surface area contributed by atoms with Crippen molar-refractivity contribution in [2.24, 2.45) is 0 Å². The van der Waals surface area contributed by atoms with Gasteiger partial charge in [-0.15, -0.1) is 0 Å². The first kappa shape index (κ1) is 21.7. The Morgan fingerprint density at radius 2 is 0.735 bits per heavy atom. The van der Waals surface area contributed by atoms with E-state index in [4.69, 9.17) is 9.47 Å². The zero-order valence-corrected chi connectivity index (χ0v) is 21.1. The van der Waals surface area contributed by atoms with Crippen molar-refractivity contribution in [3.63, 3.8) is 0 Å². The van der Waals surface area contributed by atoms with Crippen molar-refractivity contribution in [3.05, 3.63) is 97.1 Å². The van der Waals surface area contributed by atoms with Gasteiger partial charge in [-0.2, -0.15) is 0 Å². The summed E-state index contributed by atoms with van der Waals surface area (Å²) in [5.74, 6) is 4.03. The largest absolute Gasteiger partial charge is 0.447 e. The summed E-state index contributed by atoms with van der Waals surface area (Å²) in [6, 6.07) is 34.6. The zero-order chi connectivity index (χ0) is 23.1. The molecule has 0 aliphatic carbocycles. The molecule has 2 nitrogen and oxygen atoms in total. The SMILES string of the molecule is CC[C@@H]([C@H](CC)[S+]1c2ccccc2Oc2ccccc21)[S+]1c2ccccc2Oc2ccccc21. The molecule has 2 heterocycles. The van der Waals surface area contributed by atoms with E-state index in [0.29, 0.717) is 10.5 Å². The summed E-state index contributed by atoms with van der Waals surface area (Å²) in [4.78, 5) is 5.35. The highest BCUT2D eigenvalue weighted by atomic mass is 32.2. The molecule has 2 atom stereocenters. The Hall–Kier alpha value is -2.82. The van der Waals surface area contributed by atoms with Gasteiger partial charge >= 0.3 is 0 Å². The van der Waals surface area contributed by atoms with Crippen LogP contribution in [0.4, 0.5) is 0 Å². The monoisotopic (exact) mass is 484 g/mol. The van der Waals surface area contributed by atoms with Gasteiger partial charge in [-0.25, -0.2) is 0 Å². The predicted molar refractivity (Wildman–Crippen MR) is 142 cm³/mol. The summed E-state index contributed by atoms with van der Waals surface area (Å²) >= 11 is 0. The second kappa shape index (κ2) is 9.09. The van der Waals surface area contributed by atoms with Gasteiger partial charge in [0.2, 0.25) is 19.6 Å². The third-order valence-electron chi connectivity index (χ3n) is 6.61. The fourth-order valence-electron chi connectivity index (χ4n) is 5.15. The number of benzene rings is 4. The van der Waals surface area contributed by atoms with E-state index in [-0.39, 0.29) is 21.8 Å². The molecule has 34 heavy (non-hydrogen) atoms. The quantitative estimate of drug-likeness (QED) is 0.266. The molecule has 2 aliphatic rings. The maximum atomic E-state index is 6.36. The lowest BCUT2D eigenvalue weighted by atomic mass is 10.2. The smallest absolute Gasteiger partial charge is 0.203 e. The average molecular weight is 485 g/mol. The Balaban J connectivity index is 1.52. The summed E-state index contributed by atoms with van der Waals surface area (Å²) in [5.41, 5.74) is 0. The fraction of sp³-hybridized carbons (Fsp3) is 0.200. The van der Waals surface area contributed by atoms with Gasteiger partial charge < -0.3 is 9.47 Å². The van der Waals surface area contributed by atoms with Crippen LogP contribution in [0.5, 0.6) is 23.0 Å². The van der Waals surface area contributed by atoms with Crippen LogP contribution in [0.25, 0.3) is 0 Å². The molecule has 4 aromatic carbocycles. The van der Waals surface area contributed by atoms with E-state index in [1.165, 1.54) is 19.6 Å². The van der Waals surface area contributed by atoms with Gasteiger partial charge in [-0.1, -0.05) is 62.4 Å². The van der Waals surface area contributed by atoms with Crippen molar-refractivity contribution in [2.75, 3.05) is 0 Å². The van der Waals surface area contributed by atoms with Crippen molar-refractivity contribution in [1.82, 2.24) is 0 Å². The normalized spacial score (nSPS) is 16.2. The molecular weight excluding hydrogens is 456 g/mol. The topological polar surface area (TPSA) is 18.5 Å². The molecule has 0 N–H and O–H groups in total. The Labute approximate surface area is 207 Å². The number of rotatable bonds is 5. The third kappa shape index (κ3) is 3.52. The van der Waals surface area contributed by atoms with Crippen LogP contribution in [-0.2, 0) is 21.8 Å². The molecule has 0 saturated carbocycles. The fourth-order valence-corrected chi connectivity index (χ4v) is 11.5. The molecular formula is C30H28O2S2+2. The predicted octanol–water partition coefficient (Wildman–Crippen LogP) is 8.23. The highest BCUT2D eigenvalue weighted by Gasteiger charge is 2.54. The molecule has 0 spiro atoms. The summed E-state index contributed by atoms with van der Waals surface area (Å²) < 4.78 is 12.7. The van der Waals surface area contributed by atoms with E-state index in [0.717, 1.165) is 35.8 Å². The molecule has 0 aromatic heterocycles. The first-order chi connectivity index (χ1) is 16.8. The molecule has 0 saturated heterocycles. The molecule has 0 unspecified atom stereocenters. The van der Waals surface area contributed by atoms with E-state index in [9.17, 15) is 0 Å². The van der Waals surface area contributed by atoms with E-state index < -0.39 is 0 Å². The summed E-state index contributed by atoms with van der Waals surface area (Å²) in [7, 11) is -0.153. The number of para-hydroxylation sites is 4. The van der Waals surface area contributed by atoms with Crippen molar-refractivity contribution >= 4 is 21.8 Å². The maximum absolute atomic E-state index is 6.36. The van der Waals surface area contributed by atoms with Crippen molar-refractivity contribution < 1.29 is 9.47 Å². The second-order valence-electron chi connectivity index (χ2n) is 8.56. The van der Waals surface area contributed by atoms with Gasteiger partial charge in [0.1, 0.15) is 0 Å². The first-order valence-corrected chi connectivity index (χ1v) is 14.6. The Kier molecular flexibility index (Phi) is 5.80. The number of hydrogen-bond acceptors (Lipinski definition) is 2. The number of ether oxygens (including phenoxy) is 2. The highest BCUT2D eigenvalue weighted by Crippen LogP contribution is 2.51. The molecule has 4 heteroatoms. The van der Waals surface area contributed by atoms with E-state index in [1.807, 2.05) is 0 Å². The van der Waals surface area contributed by atoms with Crippen LogP contribution in [-0.4, -0.2) is 10.5 Å². The van der Waals surface area contributed by atoms with Crippen LogP contribution in [0.1, 0.15) is 26.7 Å². The minimum Gasteiger partial charge on any atom is -0.447 e. The van der Waals surface area contributed by atoms with Gasteiger partial charge in [0.25, 0.3) is 0 Å². The van der Waals surface area contributed by atoms with Gasteiger partial charge in [0.05, 0.1) is 21.8 Å². The van der Waals surface area contributed by atoms with E-state index in [1.54, 1.807) is 0 Å². The Morgan fingerprint density at radius 3 is 1.00 bits per heavy atom. The van der Waals surface area contributed by atoms with Crippen LogP contribution < -0.4 is 9.47 Å². The molecule has 4 aromatic rings.